The lowest BCUT2D eigenvalue weighted by Gasteiger charge is -2.21. The number of rotatable bonds is 3. The Morgan fingerprint density at radius 1 is 1.44 bits per heavy atom. The number of ether oxygens (including phenoxy) is 1. The van der Waals surface area contributed by atoms with E-state index < -0.39 is 5.41 Å². The number of nitrogens with two attached hydrogens (primary N) is 2. The number of carbonyl (C=O) groups is 1. The molecule has 4 N–H and O–H groups in total. The van der Waals surface area contributed by atoms with Crippen LogP contribution in [-0.4, -0.2) is 41.1 Å². The molecule has 0 spiro atoms. The second-order valence-corrected chi connectivity index (χ2v) is 4.58. The van der Waals surface area contributed by atoms with E-state index in [9.17, 15) is 4.79 Å². The van der Waals surface area contributed by atoms with Gasteiger partial charge in [-0.25, -0.2) is 0 Å². The molecule has 1 aliphatic heterocycles. The van der Waals surface area contributed by atoms with E-state index in [-0.39, 0.29) is 17.9 Å². The summed E-state index contributed by atoms with van der Waals surface area (Å²) in [6, 6.07) is 0.158. The molecule has 1 aromatic rings. The molecule has 1 unspecified atom stereocenters. The van der Waals surface area contributed by atoms with E-state index in [1.54, 1.807) is 0 Å². The SMILES string of the molecule is COc1nc(N)nc(N2CCC(C)(C(N)=O)C2)n1. The lowest BCUT2D eigenvalue weighted by Crippen LogP contribution is -2.37. The monoisotopic (exact) mass is 252 g/mol. The van der Waals surface area contributed by atoms with Crippen LogP contribution < -0.4 is 21.1 Å². The van der Waals surface area contributed by atoms with Crippen LogP contribution in [0.3, 0.4) is 0 Å². The third-order valence-electron chi connectivity index (χ3n) is 3.15. The average Bonchev–Trinajstić information content (AvgIpc) is 2.72. The summed E-state index contributed by atoms with van der Waals surface area (Å²) in [5.74, 6) is 0.174. The smallest absolute Gasteiger partial charge is 0.322 e. The molecule has 1 amide bonds. The van der Waals surface area contributed by atoms with E-state index in [0.29, 0.717) is 25.5 Å². The van der Waals surface area contributed by atoms with E-state index >= 15 is 0 Å². The van der Waals surface area contributed by atoms with Crippen LogP contribution in [0.15, 0.2) is 0 Å². The van der Waals surface area contributed by atoms with E-state index in [4.69, 9.17) is 16.2 Å². The Morgan fingerprint density at radius 3 is 2.72 bits per heavy atom. The Kier molecular flexibility index (Phi) is 2.93. The van der Waals surface area contributed by atoms with Gasteiger partial charge in [0.05, 0.1) is 12.5 Å². The van der Waals surface area contributed by atoms with Gasteiger partial charge in [0.1, 0.15) is 0 Å². The van der Waals surface area contributed by atoms with E-state index in [1.165, 1.54) is 7.11 Å². The topological polar surface area (TPSA) is 120 Å². The first-order valence-corrected chi connectivity index (χ1v) is 5.55. The molecule has 1 atom stereocenters. The Hall–Kier alpha value is -2.12. The largest absolute Gasteiger partial charge is 0.467 e. The quantitative estimate of drug-likeness (QED) is 0.719. The van der Waals surface area contributed by atoms with Crippen LogP contribution in [-0.2, 0) is 4.79 Å². The number of hydrogen-bond donors (Lipinski definition) is 2. The molecular formula is C10H16N6O2. The highest BCUT2D eigenvalue weighted by Crippen LogP contribution is 2.31. The van der Waals surface area contributed by atoms with Gasteiger partial charge in [-0.05, 0) is 13.3 Å². The van der Waals surface area contributed by atoms with Gasteiger partial charge >= 0.3 is 6.01 Å². The van der Waals surface area contributed by atoms with Gasteiger partial charge in [-0.15, -0.1) is 0 Å². The van der Waals surface area contributed by atoms with Crippen molar-refractivity contribution in [1.82, 2.24) is 15.0 Å². The van der Waals surface area contributed by atoms with Crippen molar-refractivity contribution < 1.29 is 9.53 Å². The maximum Gasteiger partial charge on any atom is 0.322 e. The lowest BCUT2D eigenvalue weighted by molar-refractivity contribution is -0.125. The molecule has 2 heterocycles. The molecule has 8 nitrogen and oxygen atoms in total. The van der Waals surface area contributed by atoms with Crippen molar-refractivity contribution in [2.24, 2.45) is 11.1 Å². The minimum absolute atomic E-state index is 0.0875. The summed E-state index contributed by atoms with van der Waals surface area (Å²) in [6.45, 7) is 2.94. The number of aromatic nitrogens is 3. The molecule has 0 aromatic carbocycles. The van der Waals surface area contributed by atoms with Crippen LogP contribution >= 0.6 is 0 Å². The van der Waals surface area contributed by atoms with Gasteiger partial charge in [0, 0.05) is 13.1 Å². The summed E-state index contributed by atoms with van der Waals surface area (Å²) in [7, 11) is 1.45. The highest BCUT2D eigenvalue weighted by Gasteiger charge is 2.40. The number of methoxy groups -OCH3 is 1. The number of carbonyl (C=O) groups excluding carboxylic acids is 1. The zero-order valence-corrected chi connectivity index (χ0v) is 10.4. The molecule has 2 rings (SSSR count). The summed E-state index contributed by atoms with van der Waals surface area (Å²) in [5, 5.41) is 0. The highest BCUT2D eigenvalue weighted by molar-refractivity contribution is 5.81. The van der Waals surface area contributed by atoms with Crippen molar-refractivity contribution in [3.63, 3.8) is 0 Å². The van der Waals surface area contributed by atoms with E-state index in [1.807, 2.05) is 11.8 Å². The Labute approximate surface area is 104 Å². The van der Waals surface area contributed by atoms with Crippen molar-refractivity contribution in [2.45, 2.75) is 13.3 Å². The number of nitrogens with zero attached hydrogens (tertiary/aromatic N) is 4. The summed E-state index contributed by atoms with van der Waals surface area (Å²) in [6.07, 6.45) is 0.663. The highest BCUT2D eigenvalue weighted by atomic mass is 16.5. The summed E-state index contributed by atoms with van der Waals surface area (Å²) in [4.78, 5) is 25.2. The normalized spacial score (nSPS) is 23.1. The fourth-order valence-electron chi connectivity index (χ4n) is 1.93. The zero-order chi connectivity index (χ0) is 13.3. The first-order valence-electron chi connectivity index (χ1n) is 5.55. The van der Waals surface area contributed by atoms with Crippen LogP contribution in [0.5, 0.6) is 6.01 Å². The van der Waals surface area contributed by atoms with Gasteiger partial charge in [0.2, 0.25) is 17.8 Å². The minimum Gasteiger partial charge on any atom is -0.467 e. The third kappa shape index (κ3) is 2.13. The molecule has 0 bridgehead atoms. The number of hydrogen-bond acceptors (Lipinski definition) is 7. The molecule has 8 heteroatoms. The fraction of sp³-hybridized carbons (Fsp3) is 0.600. The average molecular weight is 252 g/mol. The maximum absolute atomic E-state index is 11.4. The lowest BCUT2D eigenvalue weighted by atomic mass is 9.89. The zero-order valence-electron chi connectivity index (χ0n) is 10.4. The molecule has 0 aliphatic carbocycles. The molecule has 1 fully saturated rings. The van der Waals surface area contributed by atoms with Gasteiger partial charge in [-0.1, -0.05) is 0 Å². The van der Waals surface area contributed by atoms with Crippen LogP contribution in [0.2, 0.25) is 0 Å². The second-order valence-electron chi connectivity index (χ2n) is 4.58. The van der Waals surface area contributed by atoms with Crippen LogP contribution in [0.1, 0.15) is 13.3 Å². The van der Waals surface area contributed by atoms with Crippen molar-refractivity contribution in [2.75, 3.05) is 30.8 Å². The maximum atomic E-state index is 11.4. The molecule has 0 radical (unpaired) electrons. The van der Waals surface area contributed by atoms with Crippen molar-refractivity contribution in [1.29, 1.82) is 0 Å². The minimum atomic E-state index is -0.561. The molecular weight excluding hydrogens is 236 g/mol. The van der Waals surface area contributed by atoms with Gasteiger partial charge in [0.25, 0.3) is 0 Å². The van der Waals surface area contributed by atoms with Gasteiger partial charge < -0.3 is 21.1 Å². The van der Waals surface area contributed by atoms with E-state index in [2.05, 4.69) is 15.0 Å². The number of anilines is 2. The first-order chi connectivity index (χ1) is 8.44. The number of amides is 1. The predicted octanol–water partition coefficient (Wildman–Crippen LogP) is -0.836. The molecule has 1 aliphatic rings. The first kappa shape index (κ1) is 12.3. The third-order valence-corrected chi connectivity index (χ3v) is 3.15. The molecule has 98 valence electrons. The standard InChI is InChI=1S/C10H16N6O2/c1-10(6(11)17)3-4-16(5-10)8-13-7(12)14-9(15-8)18-2/h3-5H2,1-2H3,(H2,11,17)(H2,12,13,14,15). The van der Waals surface area contributed by atoms with Gasteiger partial charge in [0.15, 0.2) is 0 Å². The van der Waals surface area contributed by atoms with E-state index in [0.717, 1.165) is 0 Å². The van der Waals surface area contributed by atoms with Crippen molar-refractivity contribution >= 4 is 17.8 Å². The van der Waals surface area contributed by atoms with Crippen LogP contribution in [0, 0.1) is 5.41 Å². The predicted molar refractivity (Wildman–Crippen MR) is 64.9 cm³/mol. The summed E-state index contributed by atoms with van der Waals surface area (Å²) in [5.41, 5.74) is 10.4. The fourth-order valence-corrected chi connectivity index (χ4v) is 1.93. The Balaban J connectivity index is 2.24. The Bertz CT molecular complexity index is 479. The Morgan fingerprint density at radius 2 is 2.17 bits per heavy atom. The van der Waals surface area contributed by atoms with Crippen LogP contribution in [0.4, 0.5) is 11.9 Å². The van der Waals surface area contributed by atoms with Gasteiger partial charge in [-0.3, -0.25) is 4.79 Å². The molecule has 18 heavy (non-hydrogen) atoms. The molecule has 1 saturated heterocycles. The van der Waals surface area contributed by atoms with Crippen LogP contribution in [0.25, 0.3) is 0 Å². The number of primary amides is 1. The summed E-state index contributed by atoms with van der Waals surface area (Å²) < 4.78 is 4.93. The van der Waals surface area contributed by atoms with Crippen molar-refractivity contribution in [3.8, 4) is 6.01 Å². The second kappa shape index (κ2) is 4.28. The summed E-state index contributed by atoms with van der Waals surface area (Å²) >= 11 is 0. The van der Waals surface area contributed by atoms with Gasteiger partial charge in [-0.2, -0.15) is 15.0 Å². The number of nitrogen functional groups attached to an aromatic ring is 1. The molecule has 0 saturated carbocycles. The molecule has 1 aromatic heterocycles. The van der Waals surface area contributed by atoms with Crippen molar-refractivity contribution in [3.05, 3.63) is 0 Å².